The molecule has 1 aromatic heterocycles. The second kappa shape index (κ2) is 8.30. The number of likely N-dealkylation sites (tertiary alicyclic amines) is 1. The smallest absolute Gasteiger partial charge is 0.410 e. The molecule has 1 aliphatic rings. The van der Waals surface area contributed by atoms with Gasteiger partial charge in [-0.2, -0.15) is 0 Å². The van der Waals surface area contributed by atoms with Crippen LogP contribution in [-0.2, 0) is 10.2 Å². The minimum Gasteiger partial charge on any atom is -0.444 e. The minimum atomic E-state index is -0.454. The van der Waals surface area contributed by atoms with Gasteiger partial charge < -0.3 is 14.4 Å². The highest BCUT2D eigenvalue weighted by atomic mass is 32.1. The van der Waals surface area contributed by atoms with Gasteiger partial charge in [0.25, 0.3) is 5.19 Å². The summed E-state index contributed by atoms with van der Waals surface area (Å²) in [6.45, 7) is 13.5. The maximum absolute atomic E-state index is 12.2. The lowest BCUT2D eigenvalue weighted by atomic mass is 9.89. The van der Waals surface area contributed by atoms with E-state index in [1.54, 1.807) is 0 Å². The van der Waals surface area contributed by atoms with Crippen molar-refractivity contribution >= 4 is 17.4 Å². The topological polar surface area (TPSA) is 64.5 Å². The lowest BCUT2D eigenvalue weighted by Gasteiger charge is -2.33. The number of nitrogens with zero attached hydrogens (tertiary/aromatic N) is 3. The fourth-order valence-electron chi connectivity index (χ4n) is 3.18. The van der Waals surface area contributed by atoms with Gasteiger partial charge in [-0.3, -0.25) is 0 Å². The van der Waals surface area contributed by atoms with Gasteiger partial charge in [0.2, 0.25) is 0 Å². The number of rotatable bonds is 3. The number of carbonyl (C=O) groups excluding carboxylic acids is 1. The molecular formula is C22H31N3O3S. The number of hydrogen-bond acceptors (Lipinski definition) is 6. The molecule has 29 heavy (non-hydrogen) atoms. The molecule has 0 N–H and O–H groups in total. The molecule has 0 aliphatic carbocycles. The van der Waals surface area contributed by atoms with Crippen molar-refractivity contribution in [3.63, 3.8) is 0 Å². The lowest BCUT2D eigenvalue weighted by molar-refractivity contribution is 0.0205. The number of aromatic nitrogens is 2. The van der Waals surface area contributed by atoms with Gasteiger partial charge in [-0.05, 0) is 57.2 Å². The van der Waals surface area contributed by atoms with Crippen LogP contribution in [0.3, 0.4) is 0 Å². The molecule has 1 saturated heterocycles. The Morgan fingerprint density at radius 3 is 2.17 bits per heavy atom. The van der Waals surface area contributed by atoms with Crippen LogP contribution in [-0.4, -0.2) is 39.9 Å². The Labute approximate surface area is 177 Å². The first-order valence-electron chi connectivity index (χ1n) is 10.1. The number of ether oxygens (including phenoxy) is 2. The van der Waals surface area contributed by atoms with Crippen molar-refractivity contribution in [1.29, 1.82) is 0 Å². The van der Waals surface area contributed by atoms with E-state index in [1.165, 1.54) is 16.9 Å². The van der Waals surface area contributed by atoms with Gasteiger partial charge in [0.05, 0.1) is 0 Å². The van der Waals surface area contributed by atoms with Crippen LogP contribution in [0.4, 0.5) is 4.79 Å². The summed E-state index contributed by atoms with van der Waals surface area (Å²) in [7, 11) is 0. The van der Waals surface area contributed by atoms with E-state index < -0.39 is 5.60 Å². The van der Waals surface area contributed by atoms with Crippen LogP contribution in [0.5, 0.6) is 10.9 Å². The summed E-state index contributed by atoms with van der Waals surface area (Å²) in [6, 6.07) is 8.17. The van der Waals surface area contributed by atoms with Crippen molar-refractivity contribution in [3.8, 4) is 10.9 Å². The first-order valence-corrected chi connectivity index (χ1v) is 10.9. The maximum atomic E-state index is 12.2. The van der Waals surface area contributed by atoms with E-state index in [-0.39, 0.29) is 11.5 Å². The highest BCUT2D eigenvalue weighted by Gasteiger charge is 2.27. The molecule has 0 spiro atoms. The standard InChI is InChI=1S/C22H31N3O3S/c1-21(2,3)18-23-24-19(29-18)27-17-9-7-15(8-10-17)16-11-13-25(14-12-16)20(26)28-22(4,5)6/h7-10,16H,11-14H2,1-6H3. The molecule has 6 nitrogen and oxygen atoms in total. The zero-order valence-corrected chi connectivity index (χ0v) is 19.0. The van der Waals surface area contributed by atoms with E-state index in [9.17, 15) is 4.79 Å². The maximum Gasteiger partial charge on any atom is 0.410 e. The fraction of sp³-hybridized carbons (Fsp3) is 0.591. The van der Waals surface area contributed by atoms with E-state index in [1.807, 2.05) is 37.8 Å². The van der Waals surface area contributed by atoms with Crippen LogP contribution < -0.4 is 4.74 Å². The lowest BCUT2D eigenvalue weighted by Crippen LogP contribution is -2.41. The molecule has 7 heteroatoms. The fourth-order valence-corrected chi connectivity index (χ4v) is 3.96. The second-order valence-electron chi connectivity index (χ2n) is 9.54. The number of amides is 1. The third-order valence-electron chi connectivity index (χ3n) is 4.75. The average Bonchev–Trinajstić information content (AvgIpc) is 3.10. The molecule has 1 amide bonds. The van der Waals surface area contributed by atoms with Gasteiger partial charge in [-0.15, -0.1) is 5.10 Å². The molecule has 0 saturated carbocycles. The van der Waals surface area contributed by atoms with E-state index >= 15 is 0 Å². The average molecular weight is 418 g/mol. The summed E-state index contributed by atoms with van der Waals surface area (Å²) in [6.07, 6.45) is 1.65. The van der Waals surface area contributed by atoms with Gasteiger partial charge in [0, 0.05) is 18.5 Å². The SMILES string of the molecule is CC(C)(C)OC(=O)N1CCC(c2ccc(Oc3nnc(C(C)(C)C)s3)cc2)CC1. The summed E-state index contributed by atoms with van der Waals surface area (Å²) >= 11 is 1.48. The minimum absolute atomic E-state index is 0.0305. The Morgan fingerprint density at radius 2 is 1.66 bits per heavy atom. The predicted molar refractivity (Wildman–Crippen MR) is 115 cm³/mol. The molecule has 0 radical (unpaired) electrons. The van der Waals surface area contributed by atoms with Crippen molar-refractivity contribution in [1.82, 2.24) is 15.1 Å². The van der Waals surface area contributed by atoms with Crippen LogP contribution >= 0.6 is 11.3 Å². The zero-order chi connectivity index (χ0) is 21.2. The summed E-state index contributed by atoms with van der Waals surface area (Å²) in [5.41, 5.74) is 0.788. The Balaban J connectivity index is 1.55. The van der Waals surface area contributed by atoms with Crippen molar-refractivity contribution < 1.29 is 14.3 Å². The molecule has 1 aliphatic heterocycles. The number of piperidine rings is 1. The van der Waals surface area contributed by atoms with Crippen LogP contribution in [0.2, 0.25) is 0 Å². The summed E-state index contributed by atoms with van der Waals surface area (Å²) < 4.78 is 11.3. The second-order valence-corrected chi connectivity index (χ2v) is 10.5. The number of hydrogen-bond donors (Lipinski definition) is 0. The van der Waals surface area contributed by atoms with Crippen LogP contribution in [0.1, 0.15) is 70.9 Å². The molecular weight excluding hydrogens is 386 g/mol. The Bertz CT molecular complexity index is 826. The molecule has 0 atom stereocenters. The first-order chi connectivity index (χ1) is 13.5. The van der Waals surface area contributed by atoms with Crippen LogP contribution in [0.15, 0.2) is 24.3 Å². The number of carbonyl (C=O) groups is 1. The monoisotopic (exact) mass is 417 g/mol. The van der Waals surface area contributed by atoms with Crippen molar-refractivity contribution in [3.05, 3.63) is 34.8 Å². The van der Waals surface area contributed by atoms with E-state index in [4.69, 9.17) is 9.47 Å². The highest BCUT2D eigenvalue weighted by Crippen LogP contribution is 2.33. The molecule has 2 heterocycles. The van der Waals surface area contributed by atoms with Crippen molar-refractivity contribution in [2.45, 2.75) is 71.3 Å². The Hall–Kier alpha value is -2.15. The highest BCUT2D eigenvalue weighted by molar-refractivity contribution is 7.13. The predicted octanol–water partition coefficient (Wildman–Crippen LogP) is 5.74. The van der Waals surface area contributed by atoms with Gasteiger partial charge in [0.15, 0.2) is 0 Å². The largest absolute Gasteiger partial charge is 0.444 e. The normalized spacial score (nSPS) is 16.0. The molecule has 1 fully saturated rings. The van der Waals surface area contributed by atoms with Crippen molar-refractivity contribution in [2.75, 3.05) is 13.1 Å². The molecule has 158 valence electrons. The molecule has 0 unspecified atom stereocenters. The van der Waals surface area contributed by atoms with Gasteiger partial charge in [0.1, 0.15) is 16.4 Å². The Kier molecular flexibility index (Phi) is 6.17. The van der Waals surface area contributed by atoms with Crippen molar-refractivity contribution in [2.24, 2.45) is 0 Å². The summed E-state index contributed by atoms with van der Waals surface area (Å²) in [5, 5.41) is 9.88. The molecule has 0 bridgehead atoms. The molecule has 3 rings (SSSR count). The third kappa shape index (κ3) is 5.92. The summed E-state index contributed by atoms with van der Waals surface area (Å²) in [4.78, 5) is 14.0. The van der Waals surface area contributed by atoms with Crippen LogP contribution in [0.25, 0.3) is 0 Å². The molecule has 1 aromatic carbocycles. The van der Waals surface area contributed by atoms with E-state index in [0.29, 0.717) is 11.1 Å². The van der Waals surface area contributed by atoms with Gasteiger partial charge in [-0.25, -0.2) is 4.79 Å². The van der Waals surface area contributed by atoms with E-state index in [2.05, 4.69) is 43.1 Å². The van der Waals surface area contributed by atoms with Gasteiger partial charge in [-0.1, -0.05) is 49.3 Å². The van der Waals surface area contributed by atoms with Crippen LogP contribution in [0, 0.1) is 0 Å². The zero-order valence-electron chi connectivity index (χ0n) is 18.2. The third-order valence-corrected chi connectivity index (χ3v) is 5.98. The molecule has 2 aromatic rings. The van der Waals surface area contributed by atoms with Gasteiger partial charge >= 0.3 is 6.09 Å². The summed E-state index contributed by atoms with van der Waals surface area (Å²) in [5.74, 6) is 1.20. The quantitative estimate of drug-likeness (QED) is 0.637. The first kappa shape index (κ1) is 21.6. The van der Waals surface area contributed by atoms with E-state index in [0.717, 1.165) is 36.7 Å². The number of benzene rings is 1. The Morgan fingerprint density at radius 1 is 1.03 bits per heavy atom.